The summed E-state index contributed by atoms with van der Waals surface area (Å²) in [6.45, 7) is 1.64. The number of nitrogens with zero attached hydrogens (tertiary/aromatic N) is 1. The Morgan fingerprint density at radius 3 is 2.24 bits per heavy atom. The van der Waals surface area contributed by atoms with Crippen molar-refractivity contribution in [3.8, 4) is 0 Å². The predicted octanol–water partition coefficient (Wildman–Crippen LogP) is 0.362. The quantitative estimate of drug-likeness (QED) is 0.846. The van der Waals surface area contributed by atoms with E-state index >= 15 is 0 Å². The number of rotatable bonds is 4. The van der Waals surface area contributed by atoms with E-state index in [0.29, 0.717) is 0 Å². The molecule has 0 radical (unpaired) electrons. The topological polar surface area (TPSA) is 66.5 Å². The Kier molecular flexibility index (Phi) is 4.25. The summed E-state index contributed by atoms with van der Waals surface area (Å²) in [6, 6.07) is 6.44. The Labute approximate surface area is 101 Å². The highest BCUT2D eigenvalue weighted by Gasteiger charge is 2.15. The van der Waals surface area contributed by atoms with Gasteiger partial charge < -0.3 is 4.90 Å². The molecule has 0 spiro atoms. The molecule has 94 valence electrons. The van der Waals surface area contributed by atoms with E-state index in [1.54, 1.807) is 26.2 Å². The average Bonchev–Trinajstić information content (AvgIpc) is 2.26. The molecule has 0 aromatic heterocycles. The van der Waals surface area contributed by atoms with Crippen molar-refractivity contribution in [3.05, 3.63) is 29.8 Å². The van der Waals surface area contributed by atoms with Gasteiger partial charge in [-0.3, -0.25) is 4.79 Å². The van der Waals surface area contributed by atoms with E-state index in [-0.39, 0.29) is 17.3 Å². The zero-order valence-corrected chi connectivity index (χ0v) is 10.9. The Morgan fingerprint density at radius 2 is 1.76 bits per heavy atom. The number of sulfonamides is 1. The van der Waals surface area contributed by atoms with Gasteiger partial charge in [-0.25, -0.2) is 13.1 Å². The van der Waals surface area contributed by atoms with Crippen LogP contribution < -0.4 is 4.72 Å². The lowest BCUT2D eigenvalue weighted by atomic mass is 10.2. The molecule has 1 N–H and O–H groups in total. The summed E-state index contributed by atoms with van der Waals surface area (Å²) in [5.74, 6) is -0.291. The van der Waals surface area contributed by atoms with Gasteiger partial charge in [0.25, 0.3) is 0 Å². The molecule has 17 heavy (non-hydrogen) atoms. The largest absolute Gasteiger partial charge is 0.348 e. The molecular formula is C11H16N2O3S. The molecule has 0 unspecified atom stereocenters. The van der Waals surface area contributed by atoms with Gasteiger partial charge in [0.2, 0.25) is 15.9 Å². The van der Waals surface area contributed by atoms with Gasteiger partial charge in [-0.05, 0) is 19.1 Å². The summed E-state index contributed by atoms with van der Waals surface area (Å²) in [5.41, 5.74) is 0.980. The molecule has 1 rings (SSSR count). The van der Waals surface area contributed by atoms with Gasteiger partial charge >= 0.3 is 0 Å². The monoisotopic (exact) mass is 256 g/mol. The maximum atomic E-state index is 11.8. The second-order valence-corrected chi connectivity index (χ2v) is 5.69. The van der Waals surface area contributed by atoms with Crippen LogP contribution in [0.3, 0.4) is 0 Å². The Hall–Kier alpha value is -1.40. The van der Waals surface area contributed by atoms with Crippen molar-refractivity contribution >= 4 is 15.9 Å². The number of carbonyl (C=O) groups is 1. The predicted molar refractivity (Wildman–Crippen MR) is 65.1 cm³/mol. The SMILES string of the molecule is Cc1ccc(S(=O)(=O)NCC(=O)N(C)C)cc1. The summed E-state index contributed by atoms with van der Waals surface area (Å²) in [5, 5.41) is 0. The minimum Gasteiger partial charge on any atom is -0.348 e. The lowest BCUT2D eigenvalue weighted by Gasteiger charge is -2.11. The number of amides is 1. The van der Waals surface area contributed by atoms with E-state index in [9.17, 15) is 13.2 Å². The number of nitrogens with one attached hydrogen (secondary N) is 1. The van der Waals surface area contributed by atoms with Crippen LogP contribution in [0, 0.1) is 6.92 Å². The van der Waals surface area contributed by atoms with E-state index in [1.165, 1.54) is 17.0 Å². The van der Waals surface area contributed by atoms with Gasteiger partial charge in [0.05, 0.1) is 11.4 Å². The molecule has 0 heterocycles. The van der Waals surface area contributed by atoms with E-state index in [4.69, 9.17) is 0 Å². The first-order valence-corrected chi connectivity index (χ1v) is 6.58. The van der Waals surface area contributed by atoms with Crippen molar-refractivity contribution in [2.45, 2.75) is 11.8 Å². The lowest BCUT2D eigenvalue weighted by molar-refractivity contribution is -0.127. The van der Waals surface area contributed by atoms with Crippen LogP contribution in [-0.4, -0.2) is 39.9 Å². The van der Waals surface area contributed by atoms with Crippen LogP contribution in [0.5, 0.6) is 0 Å². The standard InChI is InChI=1S/C11H16N2O3S/c1-9-4-6-10(7-5-9)17(15,16)12-8-11(14)13(2)3/h4-7,12H,8H2,1-3H3. The smallest absolute Gasteiger partial charge is 0.241 e. The maximum Gasteiger partial charge on any atom is 0.241 e. The second kappa shape index (κ2) is 5.29. The number of likely N-dealkylation sites (N-methyl/N-ethyl adjacent to an activating group) is 1. The zero-order chi connectivity index (χ0) is 13.1. The molecule has 0 bridgehead atoms. The highest BCUT2D eigenvalue weighted by molar-refractivity contribution is 7.89. The highest BCUT2D eigenvalue weighted by Crippen LogP contribution is 2.09. The minimum atomic E-state index is -3.60. The van der Waals surface area contributed by atoms with E-state index in [1.807, 2.05) is 6.92 Å². The molecule has 0 aliphatic rings. The van der Waals surface area contributed by atoms with Gasteiger partial charge in [0.15, 0.2) is 0 Å². The van der Waals surface area contributed by atoms with Crippen LogP contribution in [0.25, 0.3) is 0 Å². The highest BCUT2D eigenvalue weighted by atomic mass is 32.2. The van der Waals surface area contributed by atoms with Crippen molar-refractivity contribution in [3.63, 3.8) is 0 Å². The van der Waals surface area contributed by atoms with Crippen molar-refractivity contribution in [1.29, 1.82) is 0 Å². The van der Waals surface area contributed by atoms with Gasteiger partial charge in [-0.1, -0.05) is 17.7 Å². The first-order chi connectivity index (χ1) is 7.83. The third-order valence-corrected chi connectivity index (χ3v) is 3.66. The van der Waals surface area contributed by atoms with Crippen LogP contribution in [0.2, 0.25) is 0 Å². The fourth-order valence-electron chi connectivity index (χ4n) is 1.12. The van der Waals surface area contributed by atoms with Crippen LogP contribution in [0.4, 0.5) is 0 Å². The molecule has 5 nitrogen and oxygen atoms in total. The van der Waals surface area contributed by atoms with Crippen LogP contribution in [0.1, 0.15) is 5.56 Å². The first kappa shape index (κ1) is 13.7. The fraction of sp³-hybridized carbons (Fsp3) is 0.364. The molecule has 0 saturated carbocycles. The zero-order valence-electron chi connectivity index (χ0n) is 10.1. The number of aryl methyl sites for hydroxylation is 1. The van der Waals surface area contributed by atoms with E-state index in [2.05, 4.69) is 4.72 Å². The Balaban J connectivity index is 2.76. The minimum absolute atomic E-state index is 0.162. The number of hydrogen-bond donors (Lipinski definition) is 1. The average molecular weight is 256 g/mol. The van der Waals surface area contributed by atoms with Crippen LogP contribution in [-0.2, 0) is 14.8 Å². The van der Waals surface area contributed by atoms with Gasteiger partial charge in [-0.15, -0.1) is 0 Å². The fourth-order valence-corrected chi connectivity index (χ4v) is 2.09. The van der Waals surface area contributed by atoms with Crippen molar-refractivity contribution in [2.24, 2.45) is 0 Å². The molecule has 1 amide bonds. The number of benzene rings is 1. The molecule has 0 fully saturated rings. The molecule has 0 atom stereocenters. The van der Waals surface area contributed by atoms with Crippen molar-refractivity contribution in [2.75, 3.05) is 20.6 Å². The number of carbonyl (C=O) groups excluding carboxylic acids is 1. The van der Waals surface area contributed by atoms with Crippen molar-refractivity contribution < 1.29 is 13.2 Å². The summed E-state index contributed by atoms with van der Waals surface area (Å²) in [7, 11) is -0.459. The molecule has 0 aliphatic carbocycles. The summed E-state index contributed by atoms with van der Waals surface area (Å²) >= 11 is 0. The summed E-state index contributed by atoms with van der Waals surface area (Å²) in [4.78, 5) is 12.8. The Morgan fingerprint density at radius 1 is 1.24 bits per heavy atom. The summed E-state index contributed by atoms with van der Waals surface area (Å²) in [6.07, 6.45) is 0. The van der Waals surface area contributed by atoms with Crippen LogP contribution in [0.15, 0.2) is 29.2 Å². The van der Waals surface area contributed by atoms with E-state index in [0.717, 1.165) is 5.56 Å². The van der Waals surface area contributed by atoms with Gasteiger partial charge in [0, 0.05) is 14.1 Å². The molecule has 1 aromatic rings. The van der Waals surface area contributed by atoms with Gasteiger partial charge in [-0.2, -0.15) is 0 Å². The van der Waals surface area contributed by atoms with Crippen molar-refractivity contribution in [1.82, 2.24) is 9.62 Å². The molecule has 6 heteroatoms. The lowest BCUT2D eigenvalue weighted by Crippen LogP contribution is -2.36. The molecule has 1 aromatic carbocycles. The second-order valence-electron chi connectivity index (χ2n) is 3.93. The molecule has 0 aliphatic heterocycles. The Bertz CT molecular complexity index is 492. The normalized spacial score (nSPS) is 11.2. The van der Waals surface area contributed by atoms with Crippen LogP contribution >= 0.6 is 0 Å². The third-order valence-electron chi connectivity index (χ3n) is 2.24. The first-order valence-electron chi connectivity index (χ1n) is 5.09. The van der Waals surface area contributed by atoms with E-state index < -0.39 is 10.0 Å². The third kappa shape index (κ3) is 3.83. The van der Waals surface area contributed by atoms with Gasteiger partial charge in [0.1, 0.15) is 0 Å². The maximum absolute atomic E-state index is 11.8. The summed E-state index contributed by atoms with van der Waals surface area (Å²) < 4.78 is 25.8. The molecule has 0 saturated heterocycles. The number of hydrogen-bond acceptors (Lipinski definition) is 3. The molecular weight excluding hydrogens is 240 g/mol.